The maximum Gasteiger partial charge on any atom is 0.0750 e. The van der Waals surface area contributed by atoms with Crippen LogP contribution in [0.25, 0.3) is 0 Å². The molecule has 1 heteroatoms. The highest BCUT2D eigenvalue weighted by Crippen LogP contribution is 2.65. The number of fused-ring (bicyclic) bond motifs is 1. The highest BCUT2D eigenvalue weighted by atomic mass is 16.3. The summed E-state index contributed by atoms with van der Waals surface area (Å²) in [5.74, 6) is 1.58. The lowest BCUT2D eigenvalue weighted by atomic mass is 9.94. The predicted octanol–water partition coefficient (Wildman–Crippen LogP) is 1.97. The molecule has 0 aliphatic heterocycles. The zero-order chi connectivity index (χ0) is 8.22. The Morgan fingerprint density at radius 2 is 2.09 bits per heavy atom. The van der Waals surface area contributed by atoms with E-state index in [1.165, 1.54) is 0 Å². The topological polar surface area (TPSA) is 20.2 Å². The summed E-state index contributed by atoms with van der Waals surface area (Å²) in [4.78, 5) is 0. The van der Waals surface area contributed by atoms with Crippen LogP contribution in [0, 0.1) is 17.3 Å². The third-order valence-electron chi connectivity index (χ3n) is 3.72. The average molecular weight is 152 g/mol. The summed E-state index contributed by atoms with van der Waals surface area (Å²) in [6, 6.07) is 0. The number of rotatable bonds is 0. The van der Waals surface area contributed by atoms with Crippen molar-refractivity contribution in [1.29, 1.82) is 0 Å². The summed E-state index contributed by atoms with van der Waals surface area (Å²) in [7, 11) is 0. The number of aliphatic hydroxyl groups excluding tert-OH is 1. The molecule has 62 valence electrons. The van der Waals surface area contributed by atoms with Crippen LogP contribution < -0.4 is 0 Å². The van der Waals surface area contributed by atoms with Gasteiger partial charge in [0.2, 0.25) is 0 Å². The SMILES string of the molecule is C=C1C[C@H]2[C@@H](CC1O)C2(C)C. The predicted molar refractivity (Wildman–Crippen MR) is 45.1 cm³/mol. The van der Waals surface area contributed by atoms with E-state index in [2.05, 4.69) is 20.4 Å². The molecule has 0 saturated heterocycles. The molecular formula is C10H16O. The van der Waals surface area contributed by atoms with Gasteiger partial charge in [-0.2, -0.15) is 0 Å². The van der Waals surface area contributed by atoms with Crippen molar-refractivity contribution < 1.29 is 5.11 Å². The fourth-order valence-corrected chi connectivity index (χ4v) is 2.56. The van der Waals surface area contributed by atoms with Crippen LogP contribution in [0.15, 0.2) is 12.2 Å². The molecule has 0 aromatic rings. The molecule has 0 amide bonds. The summed E-state index contributed by atoms with van der Waals surface area (Å²) < 4.78 is 0. The third-order valence-corrected chi connectivity index (χ3v) is 3.72. The Morgan fingerprint density at radius 3 is 2.64 bits per heavy atom. The Balaban J connectivity index is 2.12. The van der Waals surface area contributed by atoms with Crippen molar-refractivity contribution in [1.82, 2.24) is 0 Å². The van der Waals surface area contributed by atoms with Crippen molar-refractivity contribution in [3.8, 4) is 0 Å². The van der Waals surface area contributed by atoms with E-state index < -0.39 is 0 Å². The zero-order valence-electron chi connectivity index (χ0n) is 7.30. The van der Waals surface area contributed by atoms with E-state index in [1.807, 2.05) is 0 Å². The van der Waals surface area contributed by atoms with Gasteiger partial charge in [-0.3, -0.25) is 0 Å². The first-order chi connectivity index (χ1) is 5.03. The van der Waals surface area contributed by atoms with E-state index in [4.69, 9.17) is 0 Å². The molecular weight excluding hydrogens is 136 g/mol. The van der Waals surface area contributed by atoms with E-state index in [-0.39, 0.29) is 6.10 Å². The van der Waals surface area contributed by atoms with Gasteiger partial charge in [0.1, 0.15) is 0 Å². The van der Waals surface area contributed by atoms with Crippen LogP contribution in [0.2, 0.25) is 0 Å². The molecule has 2 fully saturated rings. The number of hydrogen-bond acceptors (Lipinski definition) is 1. The van der Waals surface area contributed by atoms with Gasteiger partial charge in [-0.05, 0) is 35.7 Å². The Morgan fingerprint density at radius 1 is 1.45 bits per heavy atom. The molecule has 0 radical (unpaired) electrons. The van der Waals surface area contributed by atoms with Gasteiger partial charge in [-0.15, -0.1) is 0 Å². The maximum atomic E-state index is 9.51. The smallest absolute Gasteiger partial charge is 0.0750 e. The lowest BCUT2D eigenvalue weighted by molar-refractivity contribution is 0.172. The molecule has 3 atom stereocenters. The van der Waals surface area contributed by atoms with Crippen molar-refractivity contribution in [3.05, 3.63) is 12.2 Å². The molecule has 1 N–H and O–H groups in total. The lowest BCUT2D eigenvalue weighted by Gasteiger charge is -2.17. The average Bonchev–Trinajstić information content (AvgIpc) is 2.39. The minimum absolute atomic E-state index is 0.210. The van der Waals surface area contributed by atoms with E-state index in [1.54, 1.807) is 0 Å². The van der Waals surface area contributed by atoms with Crippen molar-refractivity contribution in [2.24, 2.45) is 17.3 Å². The lowest BCUT2D eigenvalue weighted by Crippen LogP contribution is -2.15. The summed E-state index contributed by atoms with van der Waals surface area (Å²) >= 11 is 0. The summed E-state index contributed by atoms with van der Waals surface area (Å²) in [6.45, 7) is 8.49. The minimum Gasteiger partial charge on any atom is -0.389 e. The van der Waals surface area contributed by atoms with E-state index in [0.717, 1.165) is 30.3 Å². The standard InChI is InChI=1S/C10H16O/c1-6-4-7-8(5-9(6)11)10(7,2)3/h7-9,11H,1,4-5H2,2-3H3/t7-,8+,9?/m0/s1. The second-order valence-corrected chi connectivity index (χ2v) is 4.65. The Bertz CT molecular complexity index is 205. The fourth-order valence-electron chi connectivity index (χ4n) is 2.56. The second kappa shape index (κ2) is 1.89. The largest absolute Gasteiger partial charge is 0.389 e. The van der Waals surface area contributed by atoms with Crippen LogP contribution in [-0.4, -0.2) is 11.2 Å². The van der Waals surface area contributed by atoms with Crippen LogP contribution in [0.4, 0.5) is 0 Å². The molecule has 1 unspecified atom stereocenters. The fraction of sp³-hybridized carbons (Fsp3) is 0.800. The molecule has 0 spiro atoms. The third kappa shape index (κ3) is 0.871. The Labute approximate surface area is 68.1 Å². The van der Waals surface area contributed by atoms with Gasteiger partial charge in [-0.1, -0.05) is 20.4 Å². The summed E-state index contributed by atoms with van der Waals surface area (Å²) in [5, 5.41) is 9.51. The quantitative estimate of drug-likeness (QED) is 0.526. The van der Waals surface area contributed by atoms with E-state index in [9.17, 15) is 5.11 Å². The molecule has 11 heavy (non-hydrogen) atoms. The van der Waals surface area contributed by atoms with E-state index in [0.29, 0.717) is 5.41 Å². The number of aliphatic hydroxyl groups is 1. The van der Waals surface area contributed by atoms with Crippen molar-refractivity contribution >= 4 is 0 Å². The van der Waals surface area contributed by atoms with Crippen LogP contribution in [0.5, 0.6) is 0 Å². The molecule has 2 rings (SSSR count). The highest BCUT2D eigenvalue weighted by Gasteiger charge is 2.59. The highest BCUT2D eigenvalue weighted by molar-refractivity contribution is 5.20. The van der Waals surface area contributed by atoms with Gasteiger partial charge >= 0.3 is 0 Å². The molecule has 1 nitrogen and oxygen atoms in total. The zero-order valence-corrected chi connectivity index (χ0v) is 7.30. The van der Waals surface area contributed by atoms with Crippen LogP contribution >= 0.6 is 0 Å². The summed E-state index contributed by atoms with van der Waals surface area (Å²) in [6.07, 6.45) is 1.80. The molecule has 0 heterocycles. The van der Waals surface area contributed by atoms with Gasteiger partial charge in [0, 0.05) is 0 Å². The summed E-state index contributed by atoms with van der Waals surface area (Å²) in [5.41, 5.74) is 1.54. The molecule has 0 aromatic carbocycles. The normalized spacial score (nSPS) is 46.8. The van der Waals surface area contributed by atoms with Crippen LogP contribution in [-0.2, 0) is 0 Å². The van der Waals surface area contributed by atoms with Gasteiger partial charge in [0.05, 0.1) is 6.10 Å². The van der Waals surface area contributed by atoms with Crippen molar-refractivity contribution in [2.45, 2.75) is 32.8 Å². The molecule has 2 saturated carbocycles. The molecule has 0 aromatic heterocycles. The second-order valence-electron chi connectivity index (χ2n) is 4.65. The van der Waals surface area contributed by atoms with Gasteiger partial charge < -0.3 is 5.11 Å². The van der Waals surface area contributed by atoms with Crippen molar-refractivity contribution in [3.63, 3.8) is 0 Å². The van der Waals surface area contributed by atoms with Crippen LogP contribution in [0.1, 0.15) is 26.7 Å². The molecule has 0 bridgehead atoms. The minimum atomic E-state index is -0.210. The number of hydrogen-bond donors (Lipinski definition) is 1. The monoisotopic (exact) mass is 152 g/mol. The maximum absolute atomic E-state index is 9.51. The first-order valence-corrected chi connectivity index (χ1v) is 4.39. The first kappa shape index (κ1) is 7.35. The van der Waals surface area contributed by atoms with Crippen LogP contribution in [0.3, 0.4) is 0 Å². The molecule has 2 aliphatic carbocycles. The first-order valence-electron chi connectivity index (χ1n) is 4.39. The van der Waals surface area contributed by atoms with E-state index >= 15 is 0 Å². The molecule has 2 aliphatic rings. The Kier molecular flexibility index (Phi) is 1.26. The Hall–Kier alpha value is -0.300. The van der Waals surface area contributed by atoms with Gasteiger partial charge in [0.15, 0.2) is 0 Å². The van der Waals surface area contributed by atoms with Gasteiger partial charge in [0.25, 0.3) is 0 Å². The van der Waals surface area contributed by atoms with Gasteiger partial charge in [-0.25, -0.2) is 0 Å². The van der Waals surface area contributed by atoms with Crippen molar-refractivity contribution in [2.75, 3.05) is 0 Å².